The maximum absolute atomic E-state index is 9.05. The van der Waals surface area contributed by atoms with Gasteiger partial charge in [-0.2, -0.15) is 0 Å². The SMILES string of the molecule is NC(=S)N[C@H](CO)c1ccccc1. The van der Waals surface area contributed by atoms with Gasteiger partial charge in [-0.05, 0) is 17.8 Å². The highest BCUT2D eigenvalue weighted by atomic mass is 32.1. The largest absolute Gasteiger partial charge is 0.394 e. The summed E-state index contributed by atoms with van der Waals surface area (Å²) >= 11 is 4.69. The van der Waals surface area contributed by atoms with Crippen molar-refractivity contribution >= 4 is 17.3 Å². The van der Waals surface area contributed by atoms with Crippen LogP contribution in [0.5, 0.6) is 0 Å². The summed E-state index contributed by atoms with van der Waals surface area (Å²) < 4.78 is 0. The molecule has 13 heavy (non-hydrogen) atoms. The van der Waals surface area contributed by atoms with Crippen LogP contribution in [0.4, 0.5) is 0 Å². The highest BCUT2D eigenvalue weighted by Gasteiger charge is 2.08. The van der Waals surface area contributed by atoms with E-state index < -0.39 is 0 Å². The minimum absolute atomic E-state index is 0.0264. The molecular weight excluding hydrogens is 184 g/mol. The summed E-state index contributed by atoms with van der Waals surface area (Å²) in [5.74, 6) is 0. The van der Waals surface area contributed by atoms with E-state index in [2.05, 4.69) is 5.32 Å². The minimum Gasteiger partial charge on any atom is -0.394 e. The molecule has 0 spiro atoms. The average Bonchev–Trinajstić information content (AvgIpc) is 2.15. The highest BCUT2D eigenvalue weighted by Crippen LogP contribution is 2.10. The van der Waals surface area contributed by atoms with Crippen molar-refractivity contribution in [2.45, 2.75) is 6.04 Å². The van der Waals surface area contributed by atoms with Crippen molar-refractivity contribution in [3.8, 4) is 0 Å². The quantitative estimate of drug-likeness (QED) is 0.618. The third kappa shape index (κ3) is 3.01. The molecule has 4 heteroatoms. The Morgan fingerprint density at radius 1 is 1.46 bits per heavy atom. The highest BCUT2D eigenvalue weighted by molar-refractivity contribution is 7.80. The second-order valence-electron chi connectivity index (χ2n) is 2.65. The Kier molecular flexibility index (Phi) is 3.67. The van der Waals surface area contributed by atoms with Gasteiger partial charge in [-0.25, -0.2) is 0 Å². The molecule has 0 aliphatic rings. The van der Waals surface area contributed by atoms with E-state index in [1.807, 2.05) is 30.3 Å². The molecule has 0 heterocycles. The van der Waals surface area contributed by atoms with Gasteiger partial charge in [0.15, 0.2) is 5.11 Å². The summed E-state index contributed by atoms with van der Waals surface area (Å²) in [5, 5.41) is 12.1. The van der Waals surface area contributed by atoms with Crippen LogP contribution in [0.3, 0.4) is 0 Å². The minimum atomic E-state index is -0.210. The maximum atomic E-state index is 9.05. The molecule has 0 amide bonds. The van der Waals surface area contributed by atoms with Crippen molar-refractivity contribution < 1.29 is 5.11 Å². The van der Waals surface area contributed by atoms with Crippen molar-refractivity contribution in [1.29, 1.82) is 0 Å². The van der Waals surface area contributed by atoms with E-state index in [1.54, 1.807) is 0 Å². The molecule has 0 unspecified atom stereocenters. The third-order valence-electron chi connectivity index (χ3n) is 1.70. The standard InChI is InChI=1S/C9H12N2OS/c10-9(13)11-8(6-12)7-4-2-1-3-5-7/h1-5,8,12H,6H2,(H3,10,11,13)/t8-/m1/s1. The van der Waals surface area contributed by atoms with Crippen LogP contribution in [-0.4, -0.2) is 16.8 Å². The zero-order valence-electron chi connectivity index (χ0n) is 7.10. The third-order valence-corrected chi connectivity index (χ3v) is 1.82. The van der Waals surface area contributed by atoms with Gasteiger partial charge in [0.2, 0.25) is 0 Å². The monoisotopic (exact) mass is 196 g/mol. The van der Waals surface area contributed by atoms with Crippen molar-refractivity contribution in [3.05, 3.63) is 35.9 Å². The van der Waals surface area contributed by atoms with Crippen LogP contribution in [0.15, 0.2) is 30.3 Å². The molecule has 0 aromatic heterocycles. The molecule has 1 aromatic carbocycles. The van der Waals surface area contributed by atoms with E-state index in [-0.39, 0.29) is 17.8 Å². The summed E-state index contributed by atoms with van der Waals surface area (Å²) in [5.41, 5.74) is 6.29. The molecule has 4 N–H and O–H groups in total. The fourth-order valence-electron chi connectivity index (χ4n) is 1.09. The molecule has 1 atom stereocenters. The van der Waals surface area contributed by atoms with Gasteiger partial charge in [0.1, 0.15) is 0 Å². The van der Waals surface area contributed by atoms with E-state index in [0.29, 0.717) is 0 Å². The summed E-state index contributed by atoms with van der Waals surface area (Å²) in [6, 6.07) is 9.33. The Morgan fingerprint density at radius 3 is 2.54 bits per heavy atom. The molecule has 1 rings (SSSR count). The van der Waals surface area contributed by atoms with Gasteiger partial charge in [0.25, 0.3) is 0 Å². The van der Waals surface area contributed by atoms with Gasteiger partial charge < -0.3 is 16.2 Å². The van der Waals surface area contributed by atoms with E-state index in [9.17, 15) is 0 Å². The molecule has 0 saturated carbocycles. The van der Waals surface area contributed by atoms with E-state index in [0.717, 1.165) is 5.56 Å². The van der Waals surface area contributed by atoms with Crippen molar-refractivity contribution in [2.24, 2.45) is 5.73 Å². The van der Waals surface area contributed by atoms with E-state index >= 15 is 0 Å². The summed E-state index contributed by atoms with van der Waals surface area (Å²) in [4.78, 5) is 0. The number of aliphatic hydroxyl groups excluding tert-OH is 1. The van der Waals surface area contributed by atoms with Gasteiger partial charge in [-0.15, -0.1) is 0 Å². The van der Waals surface area contributed by atoms with Gasteiger partial charge in [-0.1, -0.05) is 30.3 Å². The van der Waals surface area contributed by atoms with Gasteiger partial charge in [0.05, 0.1) is 12.6 Å². The molecule has 0 bridgehead atoms. The average molecular weight is 196 g/mol. The molecule has 70 valence electrons. The van der Waals surface area contributed by atoms with Crippen LogP contribution < -0.4 is 11.1 Å². The van der Waals surface area contributed by atoms with Crippen LogP contribution in [0.1, 0.15) is 11.6 Å². The first-order valence-corrected chi connectivity index (χ1v) is 4.36. The first kappa shape index (κ1) is 9.95. The zero-order chi connectivity index (χ0) is 9.68. The topological polar surface area (TPSA) is 58.3 Å². The van der Waals surface area contributed by atoms with Gasteiger partial charge >= 0.3 is 0 Å². The molecule has 3 nitrogen and oxygen atoms in total. The smallest absolute Gasteiger partial charge is 0.164 e. The van der Waals surface area contributed by atoms with Gasteiger partial charge in [0, 0.05) is 0 Å². The van der Waals surface area contributed by atoms with E-state index in [4.69, 9.17) is 23.1 Å². The lowest BCUT2D eigenvalue weighted by atomic mass is 10.1. The van der Waals surface area contributed by atoms with Crippen LogP contribution in [0, 0.1) is 0 Å². The first-order chi connectivity index (χ1) is 6.24. The lowest BCUT2D eigenvalue weighted by Crippen LogP contribution is -2.34. The fraction of sp³-hybridized carbons (Fsp3) is 0.222. The summed E-state index contributed by atoms with van der Waals surface area (Å²) in [6.07, 6.45) is 0. The molecule has 1 aromatic rings. The second-order valence-corrected chi connectivity index (χ2v) is 3.09. The lowest BCUT2D eigenvalue weighted by molar-refractivity contribution is 0.258. The van der Waals surface area contributed by atoms with Crippen molar-refractivity contribution in [3.63, 3.8) is 0 Å². The summed E-state index contributed by atoms with van der Waals surface area (Å²) in [6.45, 7) is -0.0264. The van der Waals surface area contributed by atoms with E-state index in [1.165, 1.54) is 0 Å². The Bertz CT molecular complexity index is 276. The Morgan fingerprint density at radius 2 is 2.08 bits per heavy atom. The normalized spacial score (nSPS) is 12.1. The number of thiocarbonyl (C=S) groups is 1. The second kappa shape index (κ2) is 4.79. The summed E-state index contributed by atoms with van der Waals surface area (Å²) in [7, 11) is 0. The van der Waals surface area contributed by atoms with Crippen LogP contribution in [0.2, 0.25) is 0 Å². The Balaban J connectivity index is 2.73. The molecule has 0 saturated heterocycles. The first-order valence-electron chi connectivity index (χ1n) is 3.96. The zero-order valence-corrected chi connectivity index (χ0v) is 7.92. The number of aliphatic hydroxyl groups is 1. The number of rotatable bonds is 3. The number of hydrogen-bond acceptors (Lipinski definition) is 2. The Labute approximate surface area is 82.6 Å². The number of hydrogen-bond donors (Lipinski definition) is 3. The molecule has 0 radical (unpaired) electrons. The molecule has 0 aliphatic heterocycles. The van der Waals surface area contributed by atoms with Crippen molar-refractivity contribution in [1.82, 2.24) is 5.32 Å². The number of nitrogens with two attached hydrogens (primary N) is 1. The fourth-order valence-corrected chi connectivity index (χ4v) is 1.23. The predicted octanol–water partition coefficient (Wildman–Crippen LogP) is 0.553. The number of nitrogens with one attached hydrogen (secondary N) is 1. The predicted molar refractivity (Wildman–Crippen MR) is 56.2 cm³/mol. The lowest BCUT2D eigenvalue weighted by Gasteiger charge is -2.16. The van der Waals surface area contributed by atoms with Gasteiger partial charge in [-0.3, -0.25) is 0 Å². The maximum Gasteiger partial charge on any atom is 0.164 e. The molecule has 0 fully saturated rings. The van der Waals surface area contributed by atoms with Crippen molar-refractivity contribution in [2.75, 3.05) is 6.61 Å². The van der Waals surface area contributed by atoms with Crippen LogP contribution >= 0.6 is 12.2 Å². The Hall–Kier alpha value is -1.13. The molecular formula is C9H12N2OS. The van der Waals surface area contributed by atoms with Crippen LogP contribution in [-0.2, 0) is 0 Å². The number of benzene rings is 1. The van der Waals surface area contributed by atoms with Crippen LogP contribution in [0.25, 0.3) is 0 Å². The molecule has 0 aliphatic carbocycles.